The zero-order valence-corrected chi connectivity index (χ0v) is 13.3. The van der Waals surface area contributed by atoms with Gasteiger partial charge in [-0.3, -0.25) is 0 Å². The molecule has 2 heterocycles. The maximum atomic E-state index is 12.3. The molecule has 0 aromatic carbocycles. The van der Waals surface area contributed by atoms with Crippen molar-refractivity contribution in [3.8, 4) is 0 Å². The van der Waals surface area contributed by atoms with Gasteiger partial charge in [0.25, 0.3) is 0 Å². The minimum absolute atomic E-state index is 0.0588. The molecule has 2 amide bonds. The number of ether oxygens (including phenoxy) is 1. The Labute approximate surface area is 122 Å². The molecule has 2 aliphatic heterocycles. The molecule has 2 saturated heterocycles. The summed E-state index contributed by atoms with van der Waals surface area (Å²) in [6.07, 6.45) is 3.04. The lowest BCUT2D eigenvalue weighted by molar-refractivity contribution is -0.131. The van der Waals surface area contributed by atoms with E-state index in [2.05, 4.69) is 38.3 Å². The third kappa shape index (κ3) is 3.64. The molecule has 2 fully saturated rings. The van der Waals surface area contributed by atoms with E-state index in [4.69, 9.17) is 4.74 Å². The highest BCUT2D eigenvalue weighted by atomic mass is 16.5. The number of piperidine rings is 1. The van der Waals surface area contributed by atoms with Gasteiger partial charge in [0, 0.05) is 31.7 Å². The second-order valence-corrected chi connectivity index (χ2v) is 6.90. The molecule has 0 aromatic rings. The molecule has 2 N–H and O–H groups in total. The number of rotatable bonds is 2. The fourth-order valence-corrected chi connectivity index (χ4v) is 2.88. The largest absolute Gasteiger partial charge is 0.369 e. The summed E-state index contributed by atoms with van der Waals surface area (Å²) >= 11 is 0. The first-order valence-corrected chi connectivity index (χ1v) is 7.81. The van der Waals surface area contributed by atoms with Crippen molar-refractivity contribution in [1.82, 2.24) is 15.5 Å². The molecule has 116 valence electrons. The zero-order valence-electron chi connectivity index (χ0n) is 13.3. The summed E-state index contributed by atoms with van der Waals surface area (Å²) in [5.41, 5.74) is -0.196. The predicted molar refractivity (Wildman–Crippen MR) is 79.9 cm³/mol. The maximum Gasteiger partial charge on any atom is 0.317 e. The standard InChI is InChI=1S/C15H29N3O2/c1-5-14(3,4)17-13(19)18-8-6-15(7-9-18)11-16-10-12(2)20-15/h12,16H,5-11H2,1-4H3,(H,17,19). The molecule has 0 aliphatic carbocycles. The highest BCUT2D eigenvalue weighted by molar-refractivity contribution is 5.75. The number of nitrogens with one attached hydrogen (secondary N) is 2. The van der Waals surface area contributed by atoms with Crippen LogP contribution >= 0.6 is 0 Å². The Morgan fingerprint density at radius 3 is 2.65 bits per heavy atom. The molecule has 5 nitrogen and oxygen atoms in total. The molecule has 2 rings (SSSR count). The smallest absolute Gasteiger partial charge is 0.317 e. The molecule has 1 unspecified atom stereocenters. The number of amides is 2. The van der Waals surface area contributed by atoms with E-state index < -0.39 is 0 Å². The fraction of sp³-hybridized carbons (Fsp3) is 0.933. The van der Waals surface area contributed by atoms with Crippen LogP contribution in [0.5, 0.6) is 0 Å². The molecule has 0 aromatic heterocycles. The number of morpholine rings is 1. The van der Waals surface area contributed by atoms with Crippen LogP contribution < -0.4 is 10.6 Å². The number of hydrogen-bond acceptors (Lipinski definition) is 3. The lowest BCUT2D eigenvalue weighted by Gasteiger charge is -2.46. The molecule has 1 spiro atoms. The van der Waals surface area contributed by atoms with E-state index in [1.807, 2.05) is 4.90 Å². The van der Waals surface area contributed by atoms with Crippen LogP contribution in [0.2, 0.25) is 0 Å². The Morgan fingerprint density at radius 1 is 1.45 bits per heavy atom. The van der Waals surface area contributed by atoms with Crippen LogP contribution in [-0.4, -0.2) is 54.4 Å². The van der Waals surface area contributed by atoms with Crippen LogP contribution in [0, 0.1) is 0 Å². The van der Waals surface area contributed by atoms with Gasteiger partial charge in [-0.2, -0.15) is 0 Å². The second-order valence-electron chi connectivity index (χ2n) is 6.90. The average Bonchev–Trinajstić information content (AvgIpc) is 2.39. The van der Waals surface area contributed by atoms with Crippen LogP contribution in [-0.2, 0) is 4.74 Å². The van der Waals surface area contributed by atoms with Crippen LogP contribution in [0.3, 0.4) is 0 Å². The quantitative estimate of drug-likeness (QED) is 0.811. The monoisotopic (exact) mass is 283 g/mol. The molecule has 5 heteroatoms. The van der Waals surface area contributed by atoms with Gasteiger partial charge < -0.3 is 20.3 Å². The van der Waals surface area contributed by atoms with Crippen LogP contribution in [0.25, 0.3) is 0 Å². The SMILES string of the molecule is CCC(C)(C)NC(=O)N1CCC2(CC1)CNCC(C)O2. The third-order valence-corrected chi connectivity index (χ3v) is 4.62. The molecular formula is C15H29N3O2. The Bertz CT molecular complexity index is 349. The minimum atomic E-state index is -0.135. The van der Waals surface area contributed by atoms with Gasteiger partial charge in [-0.25, -0.2) is 4.79 Å². The first kappa shape index (κ1) is 15.6. The van der Waals surface area contributed by atoms with Crippen molar-refractivity contribution >= 4 is 6.03 Å². The predicted octanol–water partition coefficient (Wildman–Crippen LogP) is 1.73. The molecular weight excluding hydrogens is 254 g/mol. The van der Waals surface area contributed by atoms with E-state index in [0.717, 1.165) is 45.4 Å². The third-order valence-electron chi connectivity index (χ3n) is 4.62. The molecule has 20 heavy (non-hydrogen) atoms. The lowest BCUT2D eigenvalue weighted by Crippen LogP contribution is -2.60. The van der Waals surface area contributed by atoms with Gasteiger partial charge in [-0.05, 0) is 40.0 Å². The van der Waals surface area contributed by atoms with Crippen LogP contribution in [0.15, 0.2) is 0 Å². The Morgan fingerprint density at radius 2 is 2.10 bits per heavy atom. The number of urea groups is 1. The summed E-state index contributed by atoms with van der Waals surface area (Å²) in [6.45, 7) is 11.7. The van der Waals surface area contributed by atoms with Gasteiger partial charge in [0.2, 0.25) is 0 Å². The van der Waals surface area contributed by atoms with Crippen LogP contribution in [0.1, 0.15) is 47.0 Å². The summed E-state index contributed by atoms with van der Waals surface area (Å²) < 4.78 is 6.14. The van der Waals surface area contributed by atoms with Gasteiger partial charge >= 0.3 is 6.03 Å². The topological polar surface area (TPSA) is 53.6 Å². The van der Waals surface area contributed by atoms with E-state index >= 15 is 0 Å². The normalized spacial score (nSPS) is 26.6. The van der Waals surface area contributed by atoms with E-state index in [1.165, 1.54) is 0 Å². The molecule has 0 bridgehead atoms. The summed E-state index contributed by atoms with van der Waals surface area (Å²) in [6, 6.07) is 0.0588. The van der Waals surface area contributed by atoms with Crippen molar-refractivity contribution < 1.29 is 9.53 Å². The maximum absolute atomic E-state index is 12.3. The number of carbonyl (C=O) groups is 1. The van der Waals surface area contributed by atoms with E-state index in [0.29, 0.717) is 0 Å². The zero-order chi connectivity index (χ0) is 14.8. The molecule has 0 saturated carbocycles. The molecule has 0 radical (unpaired) electrons. The average molecular weight is 283 g/mol. The number of hydrogen-bond donors (Lipinski definition) is 2. The van der Waals surface area contributed by atoms with E-state index in [9.17, 15) is 4.79 Å². The van der Waals surface area contributed by atoms with Gasteiger partial charge in [0.15, 0.2) is 0 Å². The van der Waals surface area contributed by atoms with Gasteiger partial charge in [-0.1, -0.05) is 6.92 Å². The molecule has 1 atom stereocenters. The minimum Gasteiger partial charge on any atom is -0.369 e. The van der Waals surface area contributed by atoms with Gasteiger partial charge in [0.05, 0.1) is 11.7 Å². The highest BCUT2D eigenvalue weighted by Crippen LogP contribution is 2.29. The lowest BCUT2D eigenvalue weighted by atomic mass is 9.89. The van der Waals surface area contributed by atoms with Gasteiger partial charge in [-0.15, -0.1) is 0 Å². The number of nitrogens with zero attached hydrogens (tertiary/aromatic N) is 1. The van der Waals surface area contributed by atoms with E-state index in [1.54, 1.807) is 0 Å². The van der Waals surface area contributed by atoms with Crippen molar-refractivity contribution in [2.45, 2.75) is 64.2 Å². The van der Waals surface area contributed by atoms with Crippen molar-refractivity contribution in [2.75, 3.05) is 26.2 Å². The number of likely N-dealkylation sites (tertiary alicyclic amines) is 1. The van der Waals surface area contributed by atoms with E-state index in [-0.39, 0.29) is 23.3 Å². The Hall–Kier alpha value is -0.810. The van der Waals surface area contributed by atoms with Crippen molar-refractivity contribution in [2.24, 2.45) is 0 Å². The van der Waals surface area contributed by atoms with Crippen molar-refractivity contribution in [1.29, 1.82) is 0 Å². The Kier molecular flexibility index (Phi) is 4.59. The fourth-order valence-electron chi connectivity index (χ4n) is 2.88. The summed E-state index contributed by atoms with van der Waals surface area (Å²) in [5, 5.41) is 6.55. The van der Waals surface area contributed by atoms with Crippen molar-refractivity contribution in [3.63, 3.8) is 0 Å². The second kappa shape index (κ2) is 5.90. The number of carbonyl (C=O) groups excluding carboxylic acids is 1. The first-order chi connectivity index (χ1) is 9.36. The molecule has 2 aliphatic rings. The highest BCUT2D eigenvalue weighted by Gasteiger charge is 2.40. The van der Waals surface area contributed by atoms with Crippen molar-refractivity contribution in [3.05, 3.63) is 0 Å². The Balaban J connectivity index is 1.86. The summed E-state index contributed by atoms with van der Waals surface area (Å²) in [7, 11) is 0. The van der Waals surface area contributed by atoms with Crippen LogP contribution in [0.4, 0.5) is 4.79 Å². The summed E-state index contributed by atoms with van der Waals surface area (Å²) in [4.78, 5) is 14.2. The van der Waals surface area contributed by atoms with Gasteiger partial charge in [0.1, 0.15) is 0 Å². The first-order valence-electron chi connectivity index (χ1n) is 7.81. The summed E-state index contributed by atoms with van der Waals surface area (Å²) in [5.74, 6) is 0.